The summed E-state index contributed by atoms with van der Waals surface area (Å²) in [5.74, 6) is 0. The van der Waals surface area contributed by atoms with Crippen molar-refractivity contribution in [1.82, 2.24) is 0 Å². The van der Waals surface area contributed by atoms with E-state index in [0.717, 1.165) is 5.56 Å². The Morgan fingerprint density at radius 1 is 1.04 bits per heavy atom. The first-order valence-corrected chi connectivity index (χ1v) is 9.60. The zero-order valence-corrected chi connectivity index (χ0v) is 14.8. The normalized spacial score (nSPS) is 13.4. The Kier molecular flexibility index (Phi) is 4.74. The van der Waals surface area contributed by atoms with Crippen molar-refractivity contribution in [2.75, 3.05) is 6.61 Å². The molecule has 0 unspecified atom stereocenters. The van der Waals surface area contributed by atoms with Gasteiger partial charge in [0.05, 0.1) is 0 Å². The summed E-state index contributed by atoms with van der Waals surface area (Å²) in [5, 5.41) is 0.115. The van der Waals surface area contributed by atoms with Gasteiger partial charge in [-0.1, -0.05) is 0 Å². The van der Waals surface area contributed by atoms with Crippen molar-refractivity contribution >= 4 is 18.1 Å². The topological polar surface area (TPSA) is 66.8 Å². The number of aryl methyl sites for hydroxylation is 3. The third kappa shape index (κ3) is 3.08. The third-order valence-electron chi connectivity index (χ3n) is 3.85. The molecule has 23 heavy (non-hydrogen) atoms. The molecule has 0 saturated carbocycles. The molecule has 2 rings (SSSR count). The van der Waals surface area contributed by atoms with Crippen LogP contribution in [0, 0.1) is 20.8 Å². The van der Waals surface area contributed by atoms with E-state index in [2.05, 4.69) is 0 Å². The molecule has 2 aromatic carbocycles. The number of rotatable bonds is 5. The zero-order valence-electron chi connectivity index (χ0n) is 13.9. The molecule has 0 aliphatic heterocycles. The van der Waals surface area contributed by atoms with Crippen LogP contribution in [0.15, 0.2) is 42.5 Å². The van der Waals surface area contributed by atoms with Crippen molar-refractivity contribution in [2.24, 2.45) is 0 Å². The van der Waals surface area contributed by atoms with Crippen LogP contribution in [0.5, 0.6) is 0 Å². The molecule has 0 spiro atoms. The van der Waals surface area contributed by atoms with Gasteiger partial charge >= 0.3 is 136 Å². The molecule has 0 aliphatic rings. The number of benzene rings is 2. The summed E-state index contributed by atoms with van der Waals surface area (Å²) < 4.78 is 5.35. The molecule has 5 heteroatoms. The van der Waals surface area contributed by atoms with Gasteiger partial charge < -0.3 is 0 Å². The number of hydrogen-bond donors (Lipinski definition) is 2. The molecule has 0 bridgehead atoms. The fourth-order valence-electron chi connectivity index (χ4n) is 2.91. The Bertz CT molecular complexity index is 715. The van der Waals surface area contributed by atoms with Crippen molar-refractivity contribution in [3.05, 3.63) is 64.7 Å². The number of carbonyl (C=O) groups is 1. The van der Waals surface area contributed by atoms with Gasteiger partial charge in [-0.25, -0.2) is 0 Å². The second-order valence-electron chi connectivity index (χ2n) is 5.78. The van der Waals surface area contributed by atoms with E-state index in [-0.39, 0.29) is 11.9 Å². The average Bonchev–Trinajstić information content (AvgIpc) is 2.47. The standard InChI is InChI=1S/C18H23O4P/c1-5-22-23(20,21,16-9-7-6-8-10-16)18(19)17-14(3)11-13(2)12-15(17)4/h6-12,20-21H,5H2,1-4H3. The van der Waals surface area contributed by atoms with E-state index in [9.17, 15) is 14.6 Å². The van der Waals surface area contributed by atoms with Crippen LogP contribution in [0.2, 0.25) is 0 Å². The Labute approximate surface area is 136 Å². The van der Waals surface area contributed by atoms with Gasteiger partial charge in [0, 0.05) is 0 Å². The van der Waals surface area contributed by atoms with Gasteiger partial charge in [0.1, 0.15) is 0 Å². The predicted molar refractivity (Wildman–Crippen MR) is 94.0 cm³/mol. The van der Waals surface area contributed by atoms with Gasteiger partial charge in [-0.05, 0) is 0 Å². The molecule has 0 heterocycles. The fraction of sp³-hybridized carbons (Fsp3) is 0.278. The fourth-order valence-corrected chi connectivity index (χ4v) is 5.37. The average molecular weight is 334 g/mol. The first-order valence-electron chi connectivity index (χ1n) is 7.55. The molecule has 0 amide bonds. The predicted octanol–water partition coefficient (Wildman–Crippen LogP) is 3.40. The molecule has 0 aromatic heterocycles. The summed E-state index contributed by atoms with van der Waals surface area (Å²) >= 11 is 0. The molecule has 4 nitrogen and oxygen atoms in total. The molecule has 0 atom stereocenters. The summed E-state index contributed by atoms with van der Waals surface area (Å²) in [7, 11) is -5.18. The summed E-state index contributed by atoms with van der Waals surface area (Å²) in [6.45, 7) is 7.18. The first-order chi connectivity index (χ1) is 10.7. The molecule has 0 aliphatic carbocycles. The Morgan fingerprint density at radius 2 is 1.57 bits per heavy atom. The quantitative estimate of drug-likeness (QED) is 0.823. The van der Waals surface area contributed by atoms with E-state index in [4.69, 9.17) is 4.52 Å². The number of carbonyl (C=O) groups excluding carboxylic acids is 1. The van der Waals surface area contributed by atoms with Gasteiger partial charge in [0.2, 0.25) is 0 Å². The Hall–Kier alpha value is -1.58. The molecule has 2 aromatic rings. The Balaban J connectivity index is 2.70. The summed E-state index contributed by atoms with van der Waals surface area (Å²) in [4.78, 5) is 35.4. The molecule has 124 valence electrons. The molecule has 2 N–H and O–H groups in total. The van der Waals surface area contributed by atoms with Crippen LogP contribution in [-0.2, 0) is 4.52 Å². The van der Waals surface area contributed by atoms with E-state index in [1.807, 2.05) is 19.1 Å². The summed E-state index contributed by atoms with van der Waals surface area (Å²) in [5.41, 5.74) is 2.00. The van der Waals surface area contributed by atoms with Crippen LogP contribution in [0.4, 0.5) is 0 Å². The van der Waals surface area contributed by atoms with E-state index in [1.54, 1.807) is 39.0 Å². The van der Waals surface area contributed by atoms with Crippen LogP contribution in [0.1, 0.15) is 34.0 Å². The monoisotopic (exact) mass is 334 g/mol. The van der Waals surface area contributed by atoms with Crippen LogP contribution < -0.4 is 5.30 Å². The van der Waals surface area contributed by atoms with Crippen molar-refractivity contribution in [3.8, 4) is 0 Å². The molecular weight excluding hydrogens is 311 g/mol. The second-order valence-corrected chi connectivity index (χ2v) is 8.85. The maximum absolute atomic E-state index is 13.2. The van der Waals surface area contributed by atoms with Gasteiger partial charge in [-0.3, -0.25) is 0 Å². The van der Waals surface area contributed by atoms with Crippen molar-refractivity contribution in [3.63, 3.8) is 0 Å². The van der Waals surface area contributed by atoms with Crippen LogP contribution in [0.3, 0.4) is 0 Å². The zero-order chi connectivity index (χ0) is 17.3. The van der Waals surface area contributed by atoms with E-state index in [1.165, 1.54) is 12.1 Å². The molecule has 0 saturated heterocycles. The van der Waals surface area contributed by atoms with Gasteiger partial charge in [0.15, 0.2) is 0 Å². The first kappa shape index (κ1) is 17.8. The molecular formula is C18H23O4P. The van der Waals surface area contributed by atoms with Crippen LogP contribution in [-0.4, -0.2) is 21.9 Å². The maximum atomic E-state index is 13.2. The van der Waals surface area contributed by atoms with Crippen molar-refractivity contribution in [1.29, 1.82) is 0 Å². The van der Waals surface area contributed by atoms with Crippen LogP contribution in [0.25, 0.3) is 0 Å². The van der Waals surface area contributed by atoms with E-state index in [0.29, 0.717) is 16.7 Å². The molecule has 0 radical (unpaired) electrons. The Morgan fingerprint density at radius 3 is 2.04 bits per heavy atom. The second kappa shape index (κ2) is 6.14. The van der Waals surface area contributed by atoms with Gasteiger partial charge in [-0.2, -0.15) is 0 Å². The minimum atomic E-state index is -5.18. The van der Waals surface area contributed by atoms with Crippen molar-refractivity contribution < 1.29 is 19.1 Å². The summed E-state index contributed by atoms with van der Waals surface area (Å²) in [6.07, 6.45) is 0. The van der Waals surface area contributed by atoms with E-state index >= 15 is 0 Å². The van der Waals surface area contributed by atoms with Gasteiger partial charge in [0.25, 0.3) is 0 Å². The van der Waals surface area contributed by atoms with Crippen LogP contribution >= 0.6 is 7.28 Å². The number of hydrogen-bond acceptors (Lipinski definition) is 4. The molecule has 0 fully saturated rings. The minimum absolute atomic E-state index is 0.0232. The summed E-state index contributed by atoms with van der Waals surface area (Å²) in [6, 6.07) is 11.8. The van der Waals surface area contributed by atoms with E-state index < -0.39 is 12.8 Å². The van der Waals surface area contributed by atoms with Crippen molar-refractivity contribution in [2.45, 2.75) is 27.7 Å². The SMILES string of the molecule is CCOP(O)(O)(C(=O)c1c(C)cc(C)cc1C)c1ccccc1. The third-order valence-corrected chi connectivity index (χ3v) is 6.78. The van der Waals surface area contributed by atoms with Gasteiger partial charge in [-0.15, -0.1) is 0 Å².